The minimum atomic E-state index is -0.579. The number of hydrogen-bond acceptors (Lipinski definition) is 5. The molecule has 0 aliphatic heterocycles. The molecule has 1 saturated carbocycles. The summed E-state index contributed by atoms with van der Waals surface area (Å²) in [7, 11) is 1.79. The molecule has 27 heavy (non-hydrogen) atoms. The Bertz CT molecular complexity index is 1080. The van der Waals surface area contributed by atoms with Crippen molar-refractivity contribution in [3.05, 3.63) is 57.6 Å². The first-order valence-corrected chi connectivity index (χ1v) is 8.59. The molecular weight excluding hydrogens is 353 g/mol. The van der Waals surface area contributed by atoms with Gasteiger partial charge in [0.1, 0.15) is 23.9 Å². The van der Waals surface area contributed by atoms with Gasteiger partial charge in [-0.05, 0) is 25.0 Å². The number of nitrogens with one attached hydrogen (secondary N) is 2. The Hall–Kier alpha value is -3.07. The van der Waals surface area contributed by atoms with Crippen LogP contribution in [-0.2, 0) is 13.7 Å². The van der Waals surface area contributed by atoms with Crippen LogP contribution in [0.3, 0.4) is 0 Å². The number of halogens is 1. The van der Waals surface area contributed by atoms with Crippen LogP contribution in [0.5, 0.6) is 0 Å². The van der Waals surface area contributed by atoms with Gasteiger partial charge in [0.15, 0.2) is 11.3 Å². The third kappa shape index (κ3) is 2.99. The molecule has 2 heterocycles. The van der Waals surface area contributed by atoms with Crippen LogP contribution >= 0.6 is 0 Å². The molecule has 1 amide bonds. The van der Waals surface area contributed by atoms with Crippen molar-refractivity contribution in [3.63, 3.8) is 0 Å². The first-order chi connectivity index (χ1) is 13.0. The van der Waals surface area contributed by atoms with Crippen molar-refractivity contribution in [3.8, 4) is 0 Å². The Kier molecular flexibility index (Phi) is 4.23. The summed E-state index contributed by atoms with van der Waals surface area (Å²) < 4.78 is 15.7. The van der Waals surface area contributed by atoms with E-state index in [2.05, 4.69) is 20.5 Å². The number of carbonyl (C=O) groups excluding carboxylic acids is 1. The topological polar surface area (TPSA) is 113 Å². The van der Waals surface area contributed by atoms with Crippen molar-refractivity contribution in [2.75, 3.05) is 0 Å². The Morgan fingerprint density at radius 3 is 2.89 bits per heavy atom. The van der Waals surface area contributed by atoms with E-state index in [9.17, 15) is 19.1 Å². The molecule has 1 aliphatic carbocycles. The zero-order valence-electron chi connectivity index (χ0n) is 14.6. The summed E-state index contributed by atoms with van der Waals surface area (Å²) in [5.74, 6) is 0.375. The van der Waals surface area contributed by atoms with Crippen molar-refractivity contribution >= 4 is 16.8 Å². The van der Waals surface area contributed by atoms with Crippen LogP contribution in [0.25, 0.3) is 10.9 Å². The predicted octanol–water partition coefficient (Wildman–Crippen LogP) is 0.964. The fraction of sp³-hybridized carbons (Fsp3) is 0.333. The third-order valence-electron chi connectivity index (χ3n) is 5.04. The number of amides is 1. The standard InChI is InChI=1S/C18H18FN5O3/c1-24-15(8-25)22-23-17(24)9-5-10(6-9)20-18(27)13-7-14(26)11-3-2-4-12(19)16(11)21-13/h2-4,7,9-10,25H,5-6,8H2,1H3,(H,20,27)(H,21,26). The summed E-state index contributed by atoms with van der Waals surface area (Å²) in [5.41, 5.74) is -0.352. The molecule has 3 N–H and O–H groups in total. The molecule has 3 aromatic rings. The number of carbonyl (C=O) groups is 1. The molecule has 1 aromatic carbocycles. The lowest BCUT2D eigenvalue weighted by Crippen LogP contribution is -2.44. The molecule has 0 radical (unpaired) electrons. The fourth-order valence-electron chi connectivity index (χ4n) is 3.44. The van der Waals surface area contributed by atoms with Gasteiger partial charge in [0.25, 0.3) is 5.91 Å². The molecule has 9 heteroatoms. The van der Waals surface area contributed by atoms with Crippen molar-refractivity contribution in [2.45, 2.75) is 31.4 Å². The number of H-pyrrole nitrogens is 1. The smallest absolute Gasteiger partial charge is 0.268 e. The number of fused-ring (bicyclic) bond motifs is 1. The number of aliphatic hydroxyl groups excluding tert-OH is 1. The molecule has 1 aliphatic rings. The van der Waals surface area contributed by atoms with Crippen LogP contribution in [-0.4, -0.2) is 36.8 Å². The number of aliphatic hydroxyl groups is 1. The second-order valence-corrected chi connectivity index (χ2v) is 6.74. The average molecular weight is 371 g/mol. The van der Waals surface area contributed by atoms with Crippen molar-refractivity contribution < 1.29 is 14.3 Å². The first-order valence-electron chi connectivity index (χ1n) is 8.59. The molecule has 0 spiro atoms. The highest BCUT2D eigenvalue weighted by molar-refractivity contribution is 5.95. The molecule has 2 aromatic heterocycles. The minimum Gasteiger partial charge on any atom is -0.388 e. The second kappa shape index (κ2) is 6.58. The Balaban J connectivity index is 1.46. The fourth-order valence-corrected chi connectivity index (χ4v) is 3.44. The van der Waals surface area contributed by atoms with Crippen LogP contribution < -0.4 is 10.7 Å². The number of para-hydroxylation sites is 1. The molecule has 0 saturated heterocycles. The molecule has 0 atom stereocenters. The average Bonchev–Trinajstić information content (AvgIpc) is 2.98. The number of aromatic amines is 1. The van der Waals surface area contributed by atoms with Gasteiger partial charge < -0.3 is 20.0 Å². The summed E-state index contributed by atoms with van der Waals surface area (Å²) in [6, 6.07) is 5.31. The highest BCUT2D eigenvalue weighted by atomic mass is 19.1. The molecule has 140 valence electrons. The van der Waals surface area contributed by atoms with E-state index >= 15 is 0 Å². The van der Waals surface area contributed by atoms with E-state index < -0.39 is 17.2 Å². The Morgan fingerprint density at radius 1 is 1.41 bits per heavy atom. The summed E-state index contributed by atoms with van der Waals surface area (Å²) in [6.45, 7) is -0.178. The molecule has 0 bridgehead atoms. The van der Waals surface area contributed by atoms with Crippen LogP contribution in [0.4, 0.5) is 4.39 Å². The summed E-state index contributed by atoms with van der Waals surface area (Å²) >= 11 is 0. The predicted molar refractivity (Wildman–Crippen MR) is 94.7 cm³/mol. The molecule has 1 fully saturated rings. The van der Waals surface area contributed by atoms with E-state index in [1.165, 1.54) is 24.3 Å². The minimum absolute atomic E-state index is 0.0252. The number of aromatic nitrogens is 4. The zero-order chi connectivity index (χ0) is 19.1. The van der Waals surface area contributed by atoms with E-state index in [0.717, 1.165) is 5.82 Å². The summed E-state index contributed by atoms with van der Waals surface area (Å²) in [4.78, 5) is 27.3. The highest BCUT2D eigenvalue weighted by Crippen LogP contribution is 2.36. The van der Waals surface area contributed by atoms with Crippen molar-refractivity contribution in [2.24, 2.45) is 7.05 Å². The van der Waals surface area contributed by atoms with Crippen LogP contribution in [0.15, 0.2) is 29.1 Å². The van der Waals surface area contributed by atoms with Gasteiger partial charge in [0.2, 0.25) is 0 Å². The molecular formula is C18H18FN5O3. The number of benzene rings is 1. The largest absolute Gasteiger partial charge is 0.388 e. The zero-order valence-corrected chi connectivity index (χ0v) is 14.6. The number of rotatable bonds is 4. The Morgan fingerprint density at radius 2 is 2.19 bits per heavy atom. The lowest BCUT2D eigenvalue weighted by molar-refractivity contribution is 0.0902. The normalized spacial score (nSPS) is 19.1. The first kappa shape index (κ1) is 17.3. The van der Waals surface area contributed by atoms with Crippen molar-refractivity contribution in [1.82, 2.24) is 25.1 Å². The van der Waals surface area contributed by atoms with Gasteiger partial charge in [-0.3, -0.25) is 9.59 Å². The van der Waals surface area contributed by atoms with Crippen LogP contribution in [0.2, 0.25) is 0 Å². The summed E-state index contributed by atoms with van der Waals surface area (Å²) in [5, 5.41) is 20.2. The lowest BCUT2D eigenvalue weighted by atomic mass is 9.79. The van der Waals surface area contributed by atoms with Gasteiger partial charge in [-0.25, -0.2) is 4.39 Å². The van der Waals surface area contributed by atoms with Gasteiger partial charge in [0.05, 0.1) is 5.52 Å². The lowest BCUT2D eigenvalue weighted by Gasteiger charge is -2.35. The van der Waals surface area contributed by atoms with Crippen molar-refractivity contribution in [1.29, 1.82) is 0 Å². The number of hydrogen-bond donors (Lipinski definition) is 3. The van der Waals surface area contributed by atoms with Crippen LogP contribution in [0.1, 0.15) is 40.9 Å². The highest BCUT2D eigenvalue weighted by Gasteiger charge is 2.35. The van der Waals surface area contributed by atoms with Gasteiger partial charge in [-0.2, -0.15) is 0 Å². The van der Waals surface area contributed by atoms with Gasteiger partial charge in [-0.15, -0.1) is 10.2 Å². The third-order valence-corrected chi connectivity index (χ3v) is 5.04. The monoisotopic (exact) mass is 371 g/mol. The van der Waals surface area contributed by atoms with E-state index in [1.54, 1.807) is 11.6 Å². The second-order valence-electron chi connectivity index (χ2n) is 6.74. The SMILES string of the molecule is Cn1c(CO)nnc1C1CC(NC(=O)c2cc(=O)c3cccc(F)c3[nH]2)C1. The quantitative estimate of drug-likeness (QED) is 0.632. The summed E-state index contributed by atoms with van der Waals surface area (Å²) in [6.07, 6.45) is 1.35. The van der Waals surface area contributed by atoms with Gasteiger partial charge in [0, 0.05) is 30.5 Å². The van der Waals surface area contributed by atoms with Crippen LogP contribution in [0, 0.1) is 5.82 Å². The van der Waals surface area contributed by atoms with Gasteiger partial charge >= 0.3 is 0 Å². The van der Waals surface area contributed by atoms with E-state index in [0.29, 0.717) is 18.7 Å². The van der Waals surface area contributed by atoms with E-state index in [4.69, 9.17) is 0 Å². The maximum atomic E-state index is 13.9. The maximum absolute atomic E-state index is 13.9. The molecule has 4 rings (SSSR count). The number of nitrogens with zero attached hydrogens (tertiary/aromatic N) is 3. The van der Waals surface area contributed by atoms with E-state index in [-0.39, 0.29) is 35.2 Å². The maximum Gasteiger partial charge on any atom is 0.268 e. The van der Waals surface area contributed by atoms with E-state index in [1.807, 2.05) is 0 Å². The Labute approximate surface area is 153 Å². The molecule has 8 nitrogen and oxygen atoms in total. The van der Waals surface area contributed by atoms with Gasteiger partial charge in [-0.1, -0.05) is 6.07 Å². The molecule has 0 unspecified atom stereocenters. The number of pyridine rings is 1.